The van der Waals surface area contributed by atoms with E-state index in [-0.39, 0.29) is 18.7 Å². The second-order valence-corrected chi connectivity index (χ2v) is 3.82. The number of aromatic amines is 1. The number of nitrogens with one attached hydrogen (secondary N) is 2. The zero-order chi connectivity index (χ0) is 11.1. The van der Waals surface area contributed by atoms with Gasteiger partial charge >= 0.3 is 0 Å². The number of nitrogens with zero attached hydrogens (tertiary/aromatic N) is 1. The molecule has 0 aliphatic heterocycles. The van der Waals surface area contributed by atoms with Crippen molar-refractivity contribution >= 4 is 5.91 Å². The summed E-state index contributed by atoms with van der Waals surface area (Å²) in [6, 6.07) is -0.420. The summed E-state index contributed by atoms with van der Waals surface area (Å²) in [6.07, 6.45) is 0.846. The van der Waals surface area contributed by atoms with Crippen LogP contribution in [0.3, 0.4) is 0 Å². The van der Waals surface area contributed by atoms with Gasteiger partial charge in [-0.1, -0.05) is 0 Å². The highest BCUT2D eigenvalue weighted by atomic mass is 19.3. The van der Waals surface area contributed by atoms with Crippen molar-refractivity contribution in [3.05, 3.63) is 17.7 Å². The summed E-state index contributed by atoms with van der Waals surface area (Å²) in [5.41, 5.74) is 0.308. The molecule has 2 rings (SSSR count). The van der Waals surface area contributed by atoms with Crippen LogP contribution in [0.25, 0.3) is 0 Å². The monoisotopic (exact) mass is 215 g/mol. The van der Waals surface area contributed by atoms with E-state index in [9.17, 15) is 13.6 Å². The quantitative estimate of drug-likeness (QED) is 0.779. The molecule has 1 aromatic heterocycles. The molecule has 1 aromatic rings. The number of carbonyl (C=O) groups is 1. The van der Waals surface area contributed by atoms with Gasteiger partial charge in [0, 0.05) is 18.9 Å². The van der Waals surface area contributed by atoms with Crippen molar-refractivity contribution in [1.82, 2.24) is 15.3 Å². The van der Waals surface area contributed by atoms with Gasteiger partial charge in [-0.15, -0.1) is 0 Å². The molecule has 1 amide bonds. The third-order valence-corrected chi connectivity index (χ3v) is 2.37. The lowest BCUT2D eigenvalue weighted by Gasteiger charge is -2.35. The highest BCUT2D eigenvalue weighted by molar-refractivity contribution is 5.92. The summed E-state index contributed by atoms with van der Waals surface area (Å²) >= 11 is 0. The van der Waals surface area contributed by atoms with E-state index in [1.807, 2.05) is 0 Å². The van der Waals surface area contributed by atoms with E-state index in [1.165, 1.54) is 6.20 Å². The van der Waals surface area contributed by atoms with E-state index in [1.54, 1.807) is 6.92 Å². The standard InChI is InChI=1S/C9H11F2N3O/c1-5-12-4-7(13-5)8(15)14-6-2-9(10,11)3-6/h4,6H,2-3H2,1H3,(H,12,13)(H,14,15). The fourth-order valence-electron chi connectivity index (χ4n) is 1.56. The molecule has 1 heterocycles. The summed E-state index contributed by atoms with van der Waals surface area (Å²) < 4.78 is 24.9. The first-order valence-electron chi connectivity index (χ1n) is 4.66. The maximum atomic E-state index is 12.5. The van der Waals surface area contributed by atoms with Gasteiger partial charge in [0.2, 0.25) is 0 Å². The molecule has 6 heteroatoms. The largest absolute Gasteiger partial charge is 0.348 e. The number of hydrogen-bond acceptors (Lipinski definition) is 2. The Balaban J connectivity index is 1.89. The number of rotatable bonds is 2. The van der Waals surface area contributed by atoms with Crippen molar-refractivity contribution in [2.24, 2.45) is 0 Å². The average molecular weight is 215 g/mol. The maximum Gasteiger partial charge on any atom is 0.269 e. The Bertz CT molecular complexity index is 380. The van der Waals surface area contributed by atoms with Gasteiger partial charge in [-0.2, -0.15) is 0 Å². The molecule has 0 bridgehead atoms. The van der Waals surface area contributed by atoms with E-state index < -0.39 is 12.0 Å². The Morgan fingerprint density at radius 3 is 2.80 bits per heavy atom. The predicted octanol–water partition coefficient (Wildman–Crippen LogP) is 1.25. The normalized spacial score (nSPS) is 19.7. The van der Waals surface area contributed by atoms with Crippen molar-refractivity contribution in [1.29, 1.82) is 0 Å². The summed E-state index contributed by atoms with van der Waals surface area (Å²) in [5, 5.41) is 2.51. The molecule has 1 fully saturated rings. The molecule has 0 unspecified atom stereocenters. The first kappa shape index (κ1) is 10.1. The molecule has 1 aliphatic rings. The summed E-state index contributed by atoms with van der Waals surface area (Å²) in [6.45, 7) is 1.72. The van der Waals surface area contributed by atoms with E-state index in [2.05, 4.69) is 15.3 Å². The van der Waals surface area contributed by atoms with Gasteiger partial charge in [0.1, 0.15) is 11.5 Å². The molecule has 0 atom stereocenters. The first-order chi connectivity index (χ1) is 6.96. The fraction of sp³-hybridized carbons (Fsp3) is 0.556. The van der Waals surface area contributed by atoms with E-state index in [0.717, 1.165) is 0 Å². The summed E-state index contributed by atoms with van der Waals surface area (Å²) in [5.74, 6) is -2.36. The third kappa shape index (κ3) is 2.14. The van der Waals surface area contributed by atoms with Crippen molar-refractivity contribution < 1.29 is 13.6 Å². The molecular formula is C9H11F2N3O. The molecular weight excluding hydrogens is 204 g/mol. The van der Waals surface area contributed by atoms with Gasteiger partial charge in [-0.3, -0.25) is 4.79 Å². The van der Waals surface area contributed by atoms with Crippen LogP contribution < -0.4 is 5.32 Å². The zero-order valence-corrected chi connectivity index (χ0v) is 8.18. The molecule has 0 saturated heterocycles. The lowest BCUT2D eigenvalue weighted by Crippen LogP contribution is -2.50. The van der Waals surface area contributed by atoms with Gasteiger partial charge < -0.3 is 10.3 Å². The van der Waals surface area contributed by atoms with Gasteiger partial charge in [0.25, 0.3) is 11.8 Å². The number of alkyl halides is 2. The Labute approximate surface area is 85.1 Å². The van der Waals surface area contributed by atoms with Gasteiger partial charge in [-0.25, -0.2) is 13.8 Å². The van der Waals surface area contributed by atoms with Crippen LogP contribution in [0.15, 0.2) is 6.20 Å². The molecule has 2 N–H and O–H groups in total. The van der Waals surface area contributed by atoms with E-state index in [0.29, 0.717) is 11.5 Å². The Morgan fingerprint density at radius 2 is 2.33 bits per heavy atom. The number of aromatic nitrogens is 2. The number of amides is 1. The number of halogens is 2. The minimum absolute atomic E-state index is 0.272. The van der Waals surface area contributed by atoms with Crippen molar-refractivity contribution in [3.63, 3.8) is 0 Å². The van der Waals surface area contributed by atoms with Crippen LogP contribution in [0.1, 0.15) is 29.2 Å². The van der Waals surface area contributed by atoms with E-state index in [4.69, 9.17) is 0 Å². The van der Waals surface area contributed by atoms with Gasteiger partial charge in [0.05, 0.1) is 6.20 Å². The molecule has 15 heavy (non-hydrogen) atoms. The average Bonchev–Trinajstić information content (AvgIpc) is 2.48. The molecule has 0 radical (unpaired) electrons. The second kappa shape index (κ2) is 3.29. The number of hydrogen-bond donors (Lipinski definition) is 2. The SMILES string of the molecule is Cc1ncc(C(=O)NC2CC(F)(F)C2)[nH]1. The molecule has 82 valence electrons. The highest BCUT2D eigenvalue weighted by Gasteiger charge is 2.46. The Kier molecular flexibility index (Phi) is 2.21. The van der Waals surface area contributed by atoms with Crippen LogP contribution in [0.2, 0.25) is 0 Å². The highest BCUT2D eigenvalue weighted by Crippen LogP contribution is 2.37. The zero-order valence-electron chi connectivity index (χ0n) is 8.18. The molecule has 1 aliphatic carbocycles. The van der Waals surface area contributed by atoms with E-state index >= 15 is 0 Å². The summed E-state index contributed by atoms with van der Waals surface area (Å²) in [7, 11) is 0. The van der Waals surface area contributed by atoms with Crippen LogP contribution in [0, 0.1) is 6.92 Å². The Hall–Kier alpha value is -1.46. The topological polar surface area (TPSA) is 57.8 Å². The second-order valence-electron chi connectivity index (χ2n) is 3.82. The molecule has 0 aromatic carbocycles. The molecule has 1 saturated carbocycles. The van der Waals surface area contributed by atoms with Crippen LogP contribution in [0.5, 0.6) is 0 Å². The van der Waals surface area contributed by atoms with Crippen LogP contribution >= 0.6 is 0 Å². The first-order valence-corrected chi connectivity index (χ1v) is 4.66. The lowest BCUT2D eigenvalue weighted by molar-refractivity contribution is -0.0901. The summed E-state index contributed by atoms with van der Waals surface area (Å²) in [4.78, 5) is 18.0. The fourth-order valence-corrected chi connectivity index (χ4v) is 1.56. The van der Waals surface area contributed by atoms with Crippen molar-refractivity contribution in [2.45, 2.75) is 31.7 Å². The van der Waals surface area contributed by atoms with Crippen LogP contribution in [-0.4, -0.2) is 27.8 Å². The number of H-pyrrole nitrogens is 1. The smallest absolute Gasteiger partial charge is 0.269 e. The predicted molar refractivity (Wildman–Crippen MR) is 48.8 cm³/mol. The number of carbonyl (C=O) groups excluding carboxylic acids is 1. The van der Waals surface area contributed by atoms with Crippen molar-refractivity contribution in [3.8, 4) is 0 Å². The Morgan fingerprint density at radius 1 is 1.67 bits per heavy atom. The third-order valence-electron chi connectivity index (χ3n) is 2.37. The van der Waals surface area contributed by atoms with Crippen LogP contribution in [-0.2, 0) is 0 Å². The molecule has 0 spiro atoms. The number of imidazole rings is 1. The number of aryl methyl sites for hydroxylation is 1. The van der Waals surface area contributed by atoms with Gasteiger partial charge in [0.15, 0.2) is 0 Å². The lowest BCUT2D eigenvalue weighted by atomic mass is 9.88. The van der Waals surface area contributed by atoms with Gasteiger partial charge in [-0.05, 0) is 6.92 Å². The van der Waals surface area contributed by atoms with Crippen molar-refractivity contribution in [2.75, 3.05) is 0 Å². The maximum absolute atomic E-state index is 12.5. The molecule has 4 nitrogen and oxygen atoms in total. The minimum atomic E-state index is -2.61. The minimum Gasteiger partial charge on any atom is -0.348 e. The van der Waals surface area contributed by atoms with Crippen LogP contribution in [0.4, 0.5) is 8.78 Å².